The first-order valence-electron chi connectivity index (χ1n) is 8.33. The standard InChI is InChI=1S/C19H23N3O4/c1-5-22-12(2)9-17(13(22)3)19(25)26-11-18(24)21-16-8-6-7-15(10-16)20-14(4)23/h6-10H,5,11H2,1-4H3,(H,20,23)(H,21,24). The zero-order valence-electron chi connectivity index (χ0n) is 15.4. The van der Waals surface area contributed by atoms with Crippen LogP contribution in [0.15, 0.2) is 30.3 Å². The van der Waals surface area contributed by atoms with E-state index in [1.807, 2.05) is 25.3 Å². The van der Waals surface area contributed by atoms with E-state index in [1.165, 1.54) is 6.92 Å². The van der Waals surface area contributed by atoms with Crippen molar-refractivity contribution in [2.75, 3.05) is 17.2 Å². The summed E-state index contributed by atoms with van der Waals surface area (Å²) in [5.41, 5.74) is 3.32. The average molecular weight is 357 g/mol. The molecule has 0 aliphatic rings. The van der Waals surface area contributed by atoms with E-state index in [0.29, 0.717) is 16.9 Å². The van der Waals surface area contributed by atoms with Crippen molar-refractivity contribution < 1.29 is 19.1 Å². The molecule has 2 N–H and O–H groups in total. The van der Waals surface area contributed by atoms with Gasteiger partial charge in [-0.1, -0.05) is 6.07 Å². The monoisotopic (exact) mass is 357 g/mol. The van der Waals surface area contributed by atoms with Crippen molar-refractivity contribution in [3.8, 4) is 0 Å². The maximum atomic E-state index is 12.2. The molecule has 1 aromatic carbocycles. The van der Waals surface area contributed by atoms with Gasteiger partial charge in [-0.2, -0.15) is 0 Å². The number of aromatic nitrogens is 1. The maximum absolute atomic E-state index is 12.2. The normalized spacial score (nSPS) is 10.3. The average Bonchev–Trinajstić information content (AvgIpc) is 2.86. The third kappa shape index (κ3) is 4.72. The van der Waals surface area contributed by atoms with Crippen LogP contribution in [0.25, 0.3) is 0 Å². The lowest BCUT2D eigenvalue weighted by atomic mass is 10.2. The molecule has 1 aromatic heterocycles. The Bertz CT molecular complexity index is 839. The van der Waals surface area contributed by atoms with Crippen LogP contribution in [0.3, 0.4) is 0 Å². The van der Waals surface area contributed by atoms with E-state index in [2.05, 4.69) is 10.6 Å². The Morgan fingerprint density at radius 1 is 1.08 bits per heavy atom. The molecule has 0 unspecified atom stereocenters. The Hall–Kier alpha value is -3.09. The van der Waals surface area contributed by atoms with Gasteiger partial charge < -0.3 is 19.9 Å². The SMILES string of the molecule is CCn1c(C)cc(C(=O)OCC(=O)Nc2cccc(NC(C)=O)c2)c1C. The molecule has 1 heterocycles. The van der Waals surface area contributed by atoms with Crippen LogP contribution in [0.5, 0.6) is 0 Å². The molecule has 2 rings (SSSR count). The Balaban J connectivity index is 1.94. The lowest BCUT2D eigenvalue weighted by molar-refractivity contribution is -0.119. The minimum absolute atomic E-state index is 0.202. The van der Waals surface area contributed by atoms with Crippen LogP contribution in [0.2, 0.25) is 0 Å². The molecule has 0 aliphatic heterocycles. The summed E-state index contributed by atoms with van der Waals surface area (Å²) in [6.45, 7) is 7.54. The highest BCUT2D eigenvalue weighted by atomic mass is 16.5. The minimum atomic E-state index is -0.528. The minimum Gasteiger partial charge on any atom is -0.452 e. The summed E-state index contributed by atoms with van der Waals surface area (Å²) < 4.78 is 7.12. The van der Waals surface area contributed by atoms with Crippen LogP contribution in [0, 0.1) is 13.8 Å². The summed E-state index contributed by atoms with van der Waals surface area (Å²) in [6.07, 6.45) is 0. The lowest BCUT2D eigenvalue weighted by Gasteiger charge is -2.09. The molecule has 26 heavy (non-hydrogen) atoms. The Morgan fingerprint density at radius 3 is 2.31 bits per heavy atom. The lowest BCUT2D eigenvalue weighted by Crippen LogP contribution is -2.21. The molecule has 0 saturated carbocycles. The van der Waals surface area contributed by atoms with Crippen LogP contribution in [-0.4, -0.2) is 29.0 Å². The first-order chi connectivity index (χ1) is 12.3. The van der Waals surface area contributed by atoms with Gasteiger partial charge in [-0.05, 0) is 45.0 Å². The molecule has 0 saturated heterocycles. The molecule has 7 nitrogen and oxygen atoms in total. The Morgan fingerprint density at radius 2 is 1.73 bits per heavy atom. The van der Waals surface area contributed by atoms with Crippen LogP contribution in [0.4, 0.5) is 11.4 Å². The molecule has 2 aromatic rings. The molecule has 138 valence electrons. The quantitative estimate of drug-likeness (QED) is 0.778. The van der Waals surface area contributed by atoms with Crippen molar-refractivity contribution in [3.63, 3.8) is 0 Å². The largest absolute Gasteiger partial charge is 0.452 e. The van der Waals surface area contributed by atoms with E-state index < -0.39 is 11.9 Å². The summed E-state index contributed by atoms with van der Waals surface area (Å²) in [7, 11) is 0. The Kier molecular flexibility index (Phi) is 6.16. The van der Waals surface area contributed by atoms with E-state index in [4.69, 9.17) is 4.74 Å². The molecular weight excluding hydrogens is 334 g/mol. The van der Waals surface area contributed by atoms with E-state index in [9.17, 15) is 14.4 Å². The topological polar surface area (TPSA) is 89.4 Å². The van der Waals surface area contributed by atoms with Crippen molar-refractivity contribution in [3.05, 3.63) is 47.3 Å². The van der Waals surface area contributed by atoms with Crippen LogP contribution in [-0.2, 0) is 20.9 Å². The molecule has 7 heteroatoms. The first-order valence-corrected chi connectivity index (χ1v) is 8.33. The number of rotatable bonds is 6. The summed E-state index contributed by atoms with van der Waals surface area (Å²) >= 11 is 0. The number of amides is 2. The van der Waals surface area contributed by atoms with Gasteiger partial charge in [0, 0.05) is 36.2 Å². The Labute approximate surface area is 152 Å². The molecule has 0 radical (unpaired) electrons. The van der Waals surface area contributed by atoms with E-state index in [-0.39, 0.29) is 12.5 Å². The van der Waals surface area contributed by atoms with Gasteiger partial charge in [0.05, 0.1) is 5.56 Å². The van der Waals surface area contributed by atoms with Gasteiger partial charge >= 0.3 is 5.97 Å². The van der Waals surface area contributed by atoms with E-state index >= 15 is 0 Å². The highest BCUT2D eigenvalue weighted by Crippen LogP contribution is 2.17. The molecule has 0 fully saturated rings. The fourth-order valence-electron chi connectivity index (χ4n) is 2.78. The van der Waals surface area contributed by atoms with Crippen molar-refractivity contribution in [1.29, 1.82) is 0 Å². The number of hydrogen-bond acceptors (Lipinski definition) is 4. The summed E-state index contributed by atoms with van der Waals surface area (Å²) in [5, 5.41) is 5.26. The number of aryl methyl sites for hydroxylation is 1. The van der Waals surface area contributed by atoms with E-state index in [0.717, 1.165) is 17.9 Å². The molecular formula is C19H23N3O4. The van der Waals surface area contributed by atoms with Gasteiger partial charge in [-0.25, -0.2) is 4.79 Å². The van der Waals surface area contributed by atoms with Crippen molar-refractivity contribution in [2.45, 2.75) is 34.2 Å². The number of nitrogens with zero attached hydrogens (tertiary/aromatic N) is 1. The number of anilines is 2. The van der Waals surface area contributed by atoms with Crippen molar-refractivity contribution in [1.82, 2.24) is 4.57 Å². The zero-order chi connectivity index (χ0) is 19.3. The molecule has 0 aliphatic carbocycles. The highest BCUT2D eigenvalue weighted by molar-refractivity contribution is 5.97. The molecule has 0 spiro atoms. The number of benzene rings is 1. The fourth-order valence-corrected chi connectivity index (χ4v) is 2.78. The first kappa shape index (κ1) is 19.2. The van der Waals surface area contributed by atoms with Gasteiger partial charge in [0.15, 0.2) is 6.61 Å². The highest BCUT2D eigenvalue weighted by Gasteiger charge is 2.17. The summed E-state index contributed by atoms with van der Waals surface area (Å²) in [5.74, 6) is -1.19. The van der Waals surface area contributed by atoms with Gasteiger partial charge in [0.25, 0.3) is 5.91 Å². The maximum Gasteiger partial charge on any atom is 0.340 e. The zero-order valence-corrected chi connectivity index (χ0v) is 15.4. The molecule has 0 bridgehead atoms. The fraction of sp³-hybridized carbons (Fsp3) is 0.316. The molecule has 2 amide bonds. The number of esters is 1. The number of hydrogen-bond donors (Lipinski definition) is 2. The molecule has 0 atom stereocenters. The predicted octanol–water partition coefficient (Wildman–Crippen LogP) is 2.88. The van der Waals surface area contributed by atoms with Gasteiger partial charge in [-0.15, -0.1) is 0 Å². The summed E-state index contributed by atoms with van der Waals surface area (Å²) in [6, 6.07) is 8.47. The second-order valence-corrected chi connectivity index (χ2v) is 5.92. The number of carbonyl (C=O) groups is 3. The third-order valence-corrected chi connectivity index (χ3v) is 3.91. The van der Waals surface area contributed by atoms with Crippen LogP contribution in [0.1, 0.15) is 35.6 Å². The summed E-state index contributed by atoms with van der Waals surface area (Å²) in [4.78, 5) is 35.3. The van der Waals surface area contributed by atoms with E-state index in [1.54, 1.807) is 30.3 Å². The van der Waals surface area contributed by atoms with Crippen LogP contribution >= 0.6 is 0 Å². The number of carbonyl (C=O) groups excluding carboxylic acids is 3. The van der Waals surface area contributed by atoms with Gasteiger partial charge in [0.1, 0.15) is 0 Å². The number of ether oxygens (including phenoxy) is 1. The number of nitrogens with one attached hydrogen (secondary N) is 2. The van der Waals surface area contributed by atoms with Gasteiger partial charge in [-0.3, -0.25) is 9.59 Å². The smallest absolute Gasteiger partial charge is 0.340 e. The third-order valence-electron chi connectivity index (χ3n) is 3.91. The van der Waals surface area contributed by atoms with Gasteiger partial charge in [0.2, 0.25) is 5.91 Å². The van der Waals surface area contributed by atoms with Crippen LogP contribution < -0.4 is 10.6 Å². The second kappa shape index (κ2) is 8.33. The second-order valence-electron chi connectivity index (χ2n) is 5.92. The van der Waals surface area contributed by atoms with Crippen molar-refractivity contribution in [2.24, 2.45) is 0 Å². The van der Waals surface area contributed by atoms with Crippen molar-refractivity contribution >= 4 is 29.2 Å². The predicted molar refractivity (Wildman–Crippen MR) is 99.2 cm³/mol.